The lowest BCUT2D eigenvalue weighted by atomic mass is 10.1. The summed E-state index contributed by atoms with van der Waals surface area (Å²) in [6.45, 7) is 3.10. The van der Waals surface area contributed by atoms with Gasteiger partial charge < -0.3 is 5.32 Å². The van der Waals surface area contributed by atoms with E-state index in [4.69, 9.17) is 11.6 Å². The van der Waals surface area contributed by atoms with Gasteiger partial charge in [-0.25, -0.2) is 0 Å². The van der Waals surface area contributed by atoms with E-state index in [0.29, 0.717) is 23.8 Å². The van der Waals surface area contributed by atoms with E-state index in [0.717, 1.165) is 24.8 Å². The van der Waals surface area contributed by atoms with Crippen molar-refractivity contribution in [2.45, 2.75) is 32.2 Å². The molecular formula is C14H22ClN3O2S. The summed E-state index contributed by atoms with van der Waals surface area (Å²) in [5.74, 6) is 0. The molecule has 0 saturated carbocycles. The fourth-order valence-corrected chi connectivity index (χ4v) is 4.37. The number of hydrogen-bond acceptors (Lipinski definition) is 3. The molecule has 1 aliphatic heterocycles. The highest BCUT2D eigenvalue weighted by atomic mass is 35.5. The van der Waals surface area contributed by atoms with Crippen LogP contribution in [-0.4, -0.2) is 38.9 Å². The third-order valence-electron chi connectivity index (χ3n) is 3.68. The molecule has 0 aliphatic carbocycles. The Morgan fingerprint density at radius 1 is 1.38 bits per heavy atom. The molecule has 0 amide bonds. The van der Waals surface area contributed by atoms with Gasteiger partial charge in [0.15, 0.2) is 0 Å². The molecule has 1 atom stereocenters. The molecule has 2 N–H and O–H groups in total. The van der Waals surface area contributed by atoms with Crippen molar-refractivity contribution < 1.29 is 8.42 Å². The molecule has 7 heteroatoms. The summed E-state index contributed by atoms with van der Waals surface area (Å²) in [6, 6.07) is 5.29. The number of benzene rings is 1. The molecule has 2 rings (SSSR count). The molecule has 1 unspecified atom stereocenters. The molecule has 1 aromatic carbocycles. The zero-order valence-electron chi connectivity index (χ0n) is 12.4. The zero-order chi connectivity index (χ0) is 15.5. The molecule has 1 saturated heterocycles. The predicted molar refractivity (Wildman–Crippen MR) is 87.0 cm³/mol. The summed E-state index contributed by atoms with van der Waals surface area (Å²) < 4.78 is 29.4. The first-order chi connectivity index (χ1) is 9.94. The van der Waals surface area contributed by atoms with Crippen LogP contribution in [0.4, 0.5) is 5.69 Å². The van der Waals surface area contributed by atoms with Gasteiger partial charge in [0.05, 0.1) is 10.7 Å². The van der Waals surface area contributed by atoms with Crippen LogP contribution in [-0.2, 0) is 10.2 Å². The van der Waals surface area contributed by atoms with Crippen molar-refractivity contribution in [3.8, 4) is 0 Å². The number of halogens is 1. The summed E-state index contributed by atoms with van der Waals surface area (Å²) in [6.07, 6.45) is 2.83. The molecule has 21 heavy (non-hydrogen) atoms. The number of nitrogens with one attached hydrogen (secondary N) is 2. The van der Waals surface area contributed by atoms with E-state index in [-0.39, 0.29) is 6.04 Å². The van der Waals surface area contributed by atoms with Gasteiger partial charge in [-0.05, 0) is 44.5 Å². The van der Waals surface area contributed by atoms with E-state index < -0.39 is 10.2 Å². The topological polar surface area (TPSA) is 61.4 Å². The minimum atomic E-state index is -3.59. The van der Waals surface area contributed by atoms with E-state index in [1.54, 1.807) is 16.4 Å². The van der Waals surface area contributed by atoms with Crippen LogP contribution in [0.3, 0.4) is 0 Å². The van der Waals surface area contributed by atoms with Crippen molar-refractivity contribution in [1.82, 2.24) is 9.62 Å². The Morgan fingerprint density at radius 3 is 2.86 bits per heavy atom. The fourth-order valence-electron chi connectivity index (χ4n) is 2.65. The lowest BCUT2D eigenvalue weighted by Gasteiger charge is -2.34. The maximum atomic E-state index is 12.6. The lowest BCUT2D eigenvalue weighted by molar-refractivity contribution is 0.250. The van der Waals surface area contributed by atoms with E-state index in [1.807, 2.05) is 20.0 Å². The third kappa shape index (κ3) is 4.10. The predicted octanol–water partition coefficient (Wildman–Crippen LogP) is 2.38. The van der Waals surface area contributed by atoms with Gasteiger partial charge in [0.1, 0.15) is 0 Å². The van der Waals surface area contributed by atoms with Gasteiger partial charge in [-0.15, -0.1) is 0 Å². The first-order valence-corrected chi connectivity index (χ1v) is 8.96. The highest BCUT2D eigenvalue weighted by Gasteiger charge is 2.32. The number of anilines is 1. The van der Waals surface area contributed by atoms with Gasteiger partial charge in [0.25, 0.3) is 0 Å². The monoisotopic (exact) mass is 331 g/mol. The van der Waals surface area contributed by atoms with Crippen LogP contribution >= 0.6 is 11.6 Å². The first-order valence-electron chi connectivity index (χ1n) is 7.14. The second-order valence-electron chi connectivity index (χ2n) is 5.41. The fraction of sp³-hybridized carbons (Fsp3) is 0.571. The minimum Gasteiger partial charge on any atom is -0.318 e. The molecule has 118 valence electrons. The van der Waals surface area contributed by atoms with Gasteiger partial charge in [-0.2, -0.15) is 12.7 Å². The Kier molecular flexibility index (Phi) is 5.48. The van der Waals surface area contributed by atoms with Gasteiger partial charge in [0.2, 0.25) is 0 Å². The van der Waals surface area contributed by atoms with Crippen LogP contribution < -0.4 is 10.0 Å². The molecule has 0 bridgehead atoms. The average Bonchev–Trinajstić information content (AvgIpc) is 2.43. The molecular weight excluding hydrogens is 310 g/mol. The number of nitrogens with zero attached hydrogens (tertiary/aromatic N) is 1. The van der Waals surface area contributed by atoms with Crippen LogP contribution in [0.5, 0.6) is 0 Å². The number of aryl methyl sites for hydroxylation is 1. The third-order valence-corrected chi connectivity index (χ3v) is 5.59. The van der Waals surface area contributed by atoms with Crippen LogP contribution in [0.15, 0.2) is 18.2 Å². The van der Waals surface area contributed by atoms with Crippen LogP contribution in [0.25, 0.3) is 0 Å². The summed E-state index contributed by atoms with van der Waals surface area (Å²) in [7, 11) is -1.75. The Bertz CT molecular complexity index is 590. The Labute approximate surface area is 131 Å². The second-order valence-corrected chi connectivity index (χ2v) is 7.44. The van der Waals surface area contributed by atoms with Crippen molar-refractivity contribution >= 4 is 27.5 Å². The Balaban J connectivity index is 2.22. The van der Waals surface area contributed by atoms with E-state index in [1.165, 1.54) is 0 Å². The van der Waals surface area contributed by atoms with Crippen LogP contribution in [0.2, 0.25) is 5.02 Å². The molecule has 5 nitrogen and oxygen atoms in total. The first kappa shape index (κ1) is 16.5. The lowest BCUT2D eigenvalue weighted by Crippen LogP contribution is -2.49. The highest BCUT2D eigenvalue weighted by molar-refractivity contribution is 7.90. The van der Waals surface area contributed by atoms with Crippen molar-refractivity contribution in [3.05, 3.63) is 28.8 Å². The van der Waals surface area contributed by atoms with E-state index in [2.05, 4.69) is 10.0 Å². The quantitative estimate of drug-likeness (QED) is 0.870. The summed E-state index contributed by atoms with van der Waals surface area (Å²) >= 11 is 6.08. The minimum absolute atomic E-state index is 0.00941. The number of rotatable bonds is 5. The zero-order valence-corrected chi connectivity index (χ0v) is 14.0. The van der Waals surface area contributed by atoms with Crippen molar-refractivity contribution in [1.29, 1.82) is 0 Å². The number of piperidine rings is 1. The van der Waals surface area contributed by atoms with Gasteiger partial charge in [-0.3, -0.25) is 4.72 Å². The summed E-state index contributed by atoms with van der Waals surface area (Å²) in [4.78, 5) is 0. The summed E-state index contributed by atoms with van der Waals surface area (Å²) in [5.41, 5.74) is 1.40. The summed E-state index contributed by atoms with van der Waals surface area (Å²) in [5, 5.41) is 3.47. The van der Waals surface area contributed by atoms with Gasteiger partial charge in [0, 0.05) is 19.1 Å². The SMILES string of the molecule is CNCC1CCCCN1S(=O)(=O)Nc1cc(C)ccc1Cl. The molecule has 1 heterocycles. The standard InChI is InChI=1S/C14H22ClN3O2S/c1-11-6-7-13(15)14(9-11)17-21(19,20)18-8-4-3-5-12(18)10-16-2/h6-7,9,12,16-17H,3-5,8,10H2,1-2H3. The normalized spacial score (nSPS) is 20.4. The second kappa shape index (κ2) is 6.96. The van der Waals surface area contributed by atoms with Crippen LogP contribution in [0, 0.1) is 6.92 Å². The number of hydrogen-bond donors (Lipinski definition) is 2. The largest absolute Gasteiger partial charge is 0.318 e. The number of likely N-dealkylation sites (N-methyl/N-ethyl adjacent to an activating group) is 1. The average molecular weight is 332 g/mol. The molecule has 0 radical (unpaired) electrons. The Hall–Kier alpha value is -0.820. The van der Waals surface area contributed by atoms with Gasteiger partial charge in [-0.1, -0.05) is 24.1 Å². The smallest absolute Gasteiger partial charge is 0.301 e. The van der Waals surface area contributed by atoms with Crippen LogP contribution in [0.1, 0.15) is 24.8 Å². The molecule has 1 aliphatic rings. The molecule has 0 aromatic heterocycles. The Morgan fingerprint density at radius 2 is 2.14 bits per heavy atom. The highest BCUT2D eigenvalue weighted by Crippen LogP contribution is 2.27. The van der Waals surface area contributed by atoms with Crippen molar-refractivity contribution in [3.63, 3.8) is 0 Å². The molecule has 1 aromatic rings. The van der Waals surface area contributed by atoms with E-state index in [9.17, 15) is 8.42 Å². The van der Waals surface area contributed by atoms with Gasteiger partial charge >= 0.3 is 10.2 Å². The molecule has 0 spiro atoms. The molecule has 1 fully saturated rings. The maximum absolute atomic E-state index is 12.6. The maximum Gasteiger partial charge on any atom is 0.301 e. The van der Waals surface area contributed by atoms with E-state index >= 15 is 0 Å². The van der Waals surface area contributed by atoms with Crippen molar-refractivity contribution in [2.75, 3.05) is 24.9 Å². The van der Waals surface area contributed by atoms with Crippen molar-refractivity contribution in [2.24, 2.45) is 0 Å².